The Morgan fingerprint density at radius 3 is 1.53 bits per heavy atom. The van der Waals surface area contributed by atoms with E-state index in [1.54, 1.807) is 0 Å². The second-order valence-corrected chi connectivity index (χ2v) is 15.4. The summed E-state index contributed by atoms with van der Waals surface area (Å²) in [5.41, 5.74) is 16.2. The molecule has 0 N–H and O–H groups in total. The van der Waals surface area contributed by atoms with Gasteiger partial charge in [0.05, 0.1) is 16.7 Å². The molecule has 11 aromatic rings. The van der Waals surface area contributed by atoms with Crippen LogP contribution in [0.4, 0.5) is 17.1 Å². The molecule has 0 radical (unpaired) electrons. The third-order valence-corrected chi connectivity index (χ3v) is 11.8. The smallest absolute Gasteiger partial charge is 0.0546 e. The van der Waals surface area contributed by atoms with Gasteiger partial charge in [-0.15, -0.1) is 0 Å². The van der Waals surface area contributed by atoms with Crippen molar-refractivity contribution in [3.63, 3.8) is 0 Å². The maximum atomic E-state index is 2.43. The summed E-state index contributed by atoms with van der Waals surface area (Å²) in [7, 11) is 0. The molecule has 0 saturated carbocycles. The van der Waals surface area contributed by atoms with Gasteiger partial charge >= 0.3 is 0 Å². The molecule has 11 rings (SSSR count). The topological polar surface area (TPSA) is 8.17 Å². The van der Waals surface area contributed by atoms with E-state index in [0.29, 0.717) is 0 Å². The Hall–Kier alpha value is -7.94. The Morgan fingerprint density at radius 2 is 0.800 bits per heavy atom. The first-order valence-corrected chi connectivity index (χ1v) is 20.6. The van der Waals surface area contributed by atoms with Crippen LogP contribution in [0.1, 0.15) is 0 Å². The van der Waals surface area contributed by atoms with Crippen molar-refractivity contribution < 1.29 is 0 Å². The Morgan fingerprint density at radius 1 is 0.283 bits per heavy atom. The van der Waals surface area contributed by atoms with Crippen LogP contribution >= 0.6 is 0 Å². The van der Waals surface area contributed by atoms with Gasteiger partial charge in [0, 0.05) is 33.4 Å². The van der Waals surface area contributed by atoms with Gasteiger partial charge in [-0.05, 0) is 110 Å². The van der Waals surface area contributed by atoms with Crippen LogP contribution in [0.2, 0.25) is 0 Å². The number of hydrogen-bond donors (Lipinski definition) is 0. The Balaban J connectivity index is 1.07. The molecule has 0 spiro atoms. The lowest BCUT2D eigenvalue weighted by Crippen LogP contribution is -2.11. The first kappa shape index (κ1) is 35.2. The van der Waals surface area contributed by atoms with Crippen molar-refractivity contribution in [3.05, 3.63) is 243 Å². The van der Waals surface area contributed by atoms with Gasteiger partial charge in [0.25, 0.3) is 0 Å². The minimum absolute atomic E-state index is 1.08. The van der Waals surface area contributed by atoms with Crippen molar-refractivity contribution in [1.82, 2.24) is 4.57 Å². The van der Waals surface area contributed by atoms with E-state index in [1.165, 1.54) is 60.4 Å². The van der Waals surface area contributed by atoms with E-state index >= 15 is 0 Å². The summed E-state index contributed by atoms with van der Waals surface area (Å²) >= 11 is 0. The molecule has 0 unspecified atom stereocenters. The van der Waals surface area contributed by atoms with Crippen LogP contribution < -0.4 is 4.90 Å². The van der Waals surface area contributed by atoms with Crippen molar-refractivity contribution >= 4 is 49.6 Å². The molecule has 0 aliphatic heterocycles. The maximum Gasteiger partial charge on any atom is 0.0546 e. The normalized spacial score (nSPS) is 11.3. The van der Waals surface area contributed by atoms with E-state index in [9.17, 15) is 0 Å². The Labute approximate surface area is 350 Å². The number of rotatable bonds is 8. The summed E-state index contributed by atoms with van der Waals surface area (Å²) in [5, 5.41) is 4.99. The van der Waals surface area contributed by atoms with Gasteiger partial charge in [0.2, 0.25) is 0 Å². The highest BCUT2D eigenvalue weighted by atomic mass is 15.1. The SMILES string of the molecule is c1ccc(-c2cccc(N(c3ccc(-c4cccc(-n5c6ccccc6c6ccccc65)c4)cc3)c3cc(-c4ccc5ccccc5c4)ccc3-c3ccccc3)c2)cc1. The predicted octanol–water partition coefficient (Wildman–Crippen LogP) is 16.1. The lowest BCUT2D eigenvalue weighted by atomic mass is 9.95. The average molecular weight is 765 g/mol. The summed E-state index contributed by atoms with van der Waals surface area (Å²) in [6.07, 6.45) is 0. The van der Waals surface area contributed by atoms with Crippen LogP contribution in [-0.4, -0.2) is 4.57 Å². The third-order valence-electron chi connectivity index (χ3n) is 11.8. The molecule has 2 heteroatoms. The summed E-state index contributed by atoms with van der Waals surface area (Å²) < 4.78 is 2.39. The monoisotopic (exact) mass is 764 g/mol. The lowest BCUT2D eigenvalue weighted by molar-refractivity contribution is 1.18. The molecule has 0 saturated heterocycles. The number of aromatic nitrogens is 1. The van der Waals surface area contributed by atoms with Gasteiger partial charge in [-0.2, -0.15) is 0 Å². The number of para-hydroxylation sites is 2. The van der Waals surface area contributed by atoms with Gasteiger partial charge in [0.1, 0.15) is 0 Å². The standard InChI is InChI=1S/C58H40N2/c1-3-15-41(16-4-1)46-21-13-23-51(38-46)59(58-40-49(33-36-53(58)44-18-5-2-6-19-44)48-30-29-42-17-7-8-20-45(42)37-48)50-34-31-43(32-35-50)47-22-14-24-52(39-47)60-56-27-11-9-25-54(56)55-26-10-12-28-57(55)60/h1-40H. The van der Waals surface area contributed by atoms with Gasteiger partial charge in [-0.1, -0.05) is 182 Å². The molecule has 0 atom stereocenters. The number of fused-ring (bicyclic) bond motifs is 4. The van der Waals surface area contributed by atoms with E-state index in [0.717, 1.165) is 39.4 Å². The first-order valence-electron chi connectivity index (χ1n) is 20.6. The van der Waals surface area contributed by atoms with Gasteiger partial charge < -0.3 is 9.47 Å². The Bertz CT molecular complexity index is 3250. The van der Waals surface area contributed by atoms with E-state index in [4.69, 9.17) is 0 Å². The molecule has 282 valence electrons. The van der Waals surface area contributed by atoms with Crippen LogP contribution in [0.3, 0.4) is 0 Å². The molecule has 0 bridgehead atoms. The number of anilines is 3. The van der Waals surface area contributed by atoms with Crippen molar-refractivity contribution in [2.45, 2.75) is 0 Å². The lowest BCUT2D eigenvalue weighted by Gasteiger charge is -2.29. The average Bonchev–Trinajstić information content (AvgIpc) is 3.67. The molecule has 2 nitrogen and oxygen atoms in total. The molecule has 0 fully saturated rings. The van der Waals surface area contributed by atoms with Gasteiger partial charge in [0.15, 0.2) is 0 Å². The van der Waals surface area contributed by atoms with Crippen molar-refractivity contribution in [2.24, 2.45) is 0 Å². The largest absolute Gasteiger partial charge is 0.310 e. The van der Waals surface area contributed by atoms with Gasteiger partial charge in [-0.3, -0.25) is 0 Å². The maximum absolute atomic E-state index is 2.43. The van der Waals surface area contributed by atoms with E-state index in [-0.39, 0.29) is 0 Å². The highest BCUT2D eigenvalue weighted by Crippen LogP contribution is 2.44. The van der Waals surface area contributed by atoms with Crippen LogP contribution in [-0.2, 0) is 0 Å². The van der Waals surface area contributed by atoms with Crippen molar-refractivity contribution in [3.8, 4) is 50.2 Å². The van der Waals surface area contributed by atoms with Gasteiger partial charge in [-0.25, -0.2) is 0 Å². The molecule has 10 aromatic carbocycles. The zero-order chi connectivity index (χ0) is 39.8. The number of nitrogens with zero attached hydrogens (tertiary/aromatic N) is 2. The highest BCUT2D eigenvalue weighted by Gasteiger charge is 2.20. The summed E-state index contributed by atoms with van der Waals surface area (Å²) in [5.74, 6) is 0. The molecule has 0 aliphatic carbocycles. The van der Waals surface area contributed by atoms with Crippen molar-refractivity contribution in [2.75, 3.05) is 4.90 Å². The summed E-state index contributed by atoms with van der Waals surface area (Å²) in [6, 6.07) is 88.0. The molecule has 1 heterocycles. The Kier molecular flexibility index (Phi) is 8.87. The first-order chi connectivity index (χ1) is 29.7. The quantitative estimate of drug-likeness (QED) is 0.150. The van der Waals surface area contributed by atoms with E-state index < -0.39 is 0 Å². The van der Waals surface area contributed by atoms with Crippen molar-refractivity contribution in [1.29, 1.82) is 0 Å². The van der Waals surface area contributed by atoms with Crippen LogP contribution in [0.25, 0.3) is 82.8 Å². The third kappa shape index (κ3) is 6.41. The van der Waals surface area contributed by atoms with Crippen LogP contribution in [0, 0.1) is 0 Å². The minimum Gasteiger partial charge on any atom is -0.310 e. The summed E-state index contributed by atoms with van der Waals surface area (Å²) in [6.45, 7) is 0. The fourth-order valence-electron chi connectivity index (χ4n) is 8.84. The summed E-state index contributed by atoms with van der Waals surface area (Å²) in [4.78, 5) is 2.43. The molecule has 1 aromatic heterocycles. The molecular weight excluding hydrogens is 725 g/mol. The zero-order valence-corrected chi connectivity index (χ0v) is 33.0. The fraction of sp³-hybridized carbons (Fsp3) is 0. The number of benzene rings is 10. The minimum atomic E-state index is 1.08. The zero-order valence-electron chi connectivity index (χ0n) is 33.0. The van der Waals surface area contributed by atoms with Crippen LogP contribution in [0.15, 0.2) is 243 Å². The molecular formula is C58H40N2. The second kappa shape index (κ2) is 15.1. The number of hydrogen-bond acceptors (Lipinski definition) is 1. The fourth-order valence-corrected chi connectivity index (χ4v) is 8.84. The second-order valence-electron chi connectivity index (χ2n) is 15.4. The molecule has 0 amide bonds. The predicted molar refractivity (Wildman–Crippen MR) is 255 cm³/mol. The van der Waals surface area contributed by atoms with E-state index in [1.807, 2.05) is 0 Å². The van der Waals surface area contributed by atoms with E-state index in [2.05, 4.69) is 252 Å². The van der Waals surface area contributed by atoms with Crippen LogP contribution in [0.5, 0.6) is 0 Å². The molecule has 0 aliphatic rings. The molecule has 60 heavy (non-hydrogen) atoms. The highest BCUT2D eigenvalue weighted by molar-refractivity contribution is 6.09.